The summed E-state index contributed by atoms with van der Waals surface area (Å²) in [6, 6.07) is 0.192. The lowest BCUT2D eigenvalue weighted by Gasteiger charge is -2.28. The smallest absolute Gasteiger partial charge is 0.279 e. The van der Waals surface area contributed by atoms with Crippen molar-refractivity contribution in [2.75, 3.05) is 46.8 Å². The third-order valence-corrected chi connectivity index (χ3v) is 4.44. The second-order valence-corrected chi connectivity index (χ2v) is 6.07. The van der Waals surface area contributed by atoms with Crippen LogP contribution in [0.5, 0.6) is 0 Å². The Morgan fingerprint density at radius 3 is 2.44 bits per heavy atom. The lowest BCUT2D eigenvalue weighted by molar-refractivity contribution is 0.307. The summed E-state index contributed by atoms with van der Waals surface area (Å²) in [5.41, 5.74) is 0. The molecule has 0 bridgehead atoms. The Kier molecular flexibility index (Phi) is 5.13. The molecule has 0 saturated carbocycles. The molecule has 0 aromatic rings. The molecular formula is C9H22N4O2S. The number of hydrogen-bond donors (Lipinski definition) is 2. The van der Waals surface area contributed by atoms with E-state index in [1.165, 1.54) is 4.31 Å². The molecule has 1 rings (SSSR count). The van der Waals surface area contributed by atoms with E-state index in [9.17, 15) is 8.42 Å². The van der Waals surface area contributed by atoms with Crippen molar-refractivity contribution in [1.29, 1.82) is 0 Å². The second kappa shape index (κ2) is 5.92. The van der Waals surface area contributed by atoms with Gasteiger partial charge in [0.2, 0.25) is 0 Å². The van der Waals surface area contributed by atoms with Crippen LogP contribution in [0, 0.1) is 0 Å². The quantitative estimate of drug-likeness (QED) is 0.635. The first kappa shape index (κ1) is 13.9. The van der Waals surface area contributed by atoms with E-state index >= 15 is 0 Å². The summed E-state index contributed by atoms with van der Waals surface area (Å²) in [4.78, 5) is 1.99. The fourth-order valence-corrected chi connectivity index (χ4v) is 2.68. The molecule has 0 amide bonds. The standard InChI is InChI=1S/C9H22N4O2S/c1-9(12(2)3)8-11-16(14,15)13-6-4-10-5-7-13/h9-11H,4-8H2,1-3H3. The minimum atomic E-state index is -3.30. The molecule has 1 unspecified atom stereocenters. The molecule has 6 nitrogen and oxygen atoms in total. The fourth-order valence-electron chi connectivity index (χ4n) is 1.38. The zero-order valence-electron chi connectivity index (χ0n) is 10.2. The number of rotatable bonds is 5. The molecule has 0 radical (unpaired) electrons. The molecule has 0 aromatic carbocycles. The highest BCUT2D eigenvalue weighted by Crippen LogP contribution is 2.00. The number of likely N-dealkylation sites (N-methyl/N-ethyl adjacent to an activating group) is 1. The van der Waals surface area contributed by atoms with Crippen molar-refractivity contribution in [3.63, 3.8) is 0 Å². The number of piperazine rings is 1. The number of nitrogens with one attached hydrogen (secondary N) is 2. The van der Waals surface area contributed by atoms with E-state index in [4.69, 9.17) is 0 Å². The first-order valence-electron chi connectivity index (χ1n) is 5.55. The Balaban J connectivity index is 2.44. The minimum absolute atomic E-state index is 0.192. The first-order chi connectivity index (χ1) is 7.43. The Bertz CT molecular complexity index is 299. The molecule has 1 fully saturated rings. The van der Waals surface area contributed by atoms with Crippen LogP contribution in [-0.4, -0.2) is 70.5 Å². The van der Waals surface area contributed by atoms with Gasteiger partial charge >= 0.3 is 0 Å². The van der Waals surface area contributed by atoms with Gasteiger partial charge in [0.1, 0.15) is 0 Å². The SMILES string of the molecule is CC(CNS(=O)(=O)N1CCNCC1)N(C)C. The summed E-state index contributed by atoms with van der Waals surface area (Å²) >= 11 is 0. The van der Waals surface area contributed by atoms with Crippen LogP contribution >= 0.6 is 0 Å². The van der Waals surface area contributed by atoms with Gasteiger partial charge in [-0.2, -0.15) is 12.7 Å². The van der Waals surface area contributed by atoms with Gasteiger partial charge in [0.25, 0.3) is 10.2 Å². The highest BCUT2D eigenvalue weighted by atomic mass is 32.2. The van der Waals surface area contributed by atoms with Crippen molar-refractivity contribution >= 4 is 10.2 Å². The largest absolute Gasteiger partial charge is 0.314 e. The molecular weight excluding hydrogens is 228 g/mol. The van der Waals surface area contributed by atoms with Gasteiger partial charge in [-0.05, 0) is 21.0 Å². The van der Waals surface area contributed by atoms with Gasteiger partial charge in [-0.25, -0.2) is 4.72 Å². The van der Waals surface area contributed by atoms with Crippen LogP contribution in [0.25, 0.3) is 0 Å². The van der Waals surface area contributed by atoms with E-state index in [1.807, 2.05) is 25.9 Å². The van der Waals surface area contributed by atoms with E-state index in [0.717, 1.165) is 13.1 Å². The van der Waals surface area contributed by atoms with Gasteiger partial charge in [0, 0.05) is 38.8 Å². The van der Waals surface area contributed by atoms with Crippen molar-refractivity contribution in [2.45, 2.75) is 13.0 Å². The van der Waals surface area contributed by atoms with Crippen LogP contribution in [-0.2, 0) is 10.2 Å². The van der Waals surface area contributed by atoms with Gasteiger partial charge < -0.3 is 10.2 Å². The van der Waals surface area contributed by atoms with Crippen molar-refractivity contribution in [3.05, 3.63) is 0 Å². The maximum absolute atomic E-state index is 11.9. The van der Waals surface area contributed by atoms with E-state index in [2.05, 4.69) is 10.0 Å². The number of hydrogen-bond acceptors (Lipinski definition) is 4. The highest BCUT2D eigenvalue weighted by molar-refractivity contribution is 7.87. The summed E-state index contributed by atoms with van der Waals surface area (Å²) in [5, 5.41) is 3.13. The first-order valence-corrected chi connectivity index (χ1v) is 6.99. The topological polar surface area (TPSA) is 64.7 Å². The maximum atomic E-state index is 11.9. The van der Waals surface area contributed by atoms with Crippen LogP contribution in [0.1, 0.15) is 6.92 Å². The monoisotopic (exact) mass is 250 g/mol. The van der Waals surface area contributed by atoms with E-state index in [1.54, 1.807) is 0 Å². The molecule has 0 spiro atoms. The van der Waals surface area contributed by atoms with Crippen LogP contribution in [0.2, 0.25) is 0 Å². The van der Waals surface area contributed by atoms with E-state index < -0.39 is 10.2 Å². The van der Waals surface area contributed by atoms with Gasteiger partial charge in [0.15, 0.2) is 0 Å². The van der Waals surface area contributed by atoms with Crippen molar-refractivity contribution < 1.29 is 8.42 Å². The average molecular weight is 250 g/mol. The Hall–Kier alpha value is -0.210. The molecule has 1 saturated heterocycles. The molecule has 1 aliphatic heterocycles. The third-order valence-electron chi connectivity index (χ3n) is 2.86. The molecule has 1 aliphatic rings. The summed E-state index contributed by atoms with van der Waals surface area (Å²) < 4.78 is 27.9. The Labute approximate surface area is 98.2 Å². The van der Waals surface area contributed by atoms with Crippen LogP contribution in [0.3, 0.4) is 0 Å². The van der Waals surface area contributed by atoms with E-state index in [-0.39, 0.29) is 6.04 Å². The van der Waals surface area contributed by atoms with Gasteiger partial charge in [-0.3, -0.25) is 0 Å². The third kappa shape index (κ3) is 3.99. The van der Waals surface area contributed by atoms with Crippen molar-refractivity contribution in [1.82, 2.24) is 19.2 Å². The highest BCUT2D eigenvalue weighted by Gasteiger charge is 2.23. The molecule has 1 heterocycles. The predicted octanol–water partition coefficient (Wildman–Crippen LogP) is -1.32. The summed E-state index contributed by atoms with van der Waals surface area (Å²) in [5.74, 6) is 0. The average Bonchev–Trinajstić information content (AvgIpc) is 2.27. The minimum Gasteiger partial charge on any atom is -0.314 e. The Morgan fingerprint density at radius 2 is 1.94 bits per heavy atom. The molecule has 0 aromatic heterocycles. The van der Waals surface area contributed by atoms with Gasteiger partial charge in [-0.15, -0.1) is 0 Å². The molecule has 0 aliphatic carbocycles. The molecule has 7 heteroatoms. The summed E-state index contributed by atoms with van der Waals surface area (Å²) in [6.45, 7) is 4.98. The fraction of sp³-hybridized carbons (Fsp3) is 1.00. The molecule has 96 valence electrons. The Morgan fingerprint density at radius 1 is 1.38 bits per heavy atom. The molecule has 1 atom stereocenters. The van der Waals surface area contributed by atoms with Gasteiger partial charge in [-0.1, -0.05) is 0 Å². The summed E-state index contributed by atoms with van der Waals surface area (Å²) in [6.07, 6.45) is 0. The predicted molar refractivity (Wildman–Crippen MR) is 64.5 cm³/mol. The van der Waals surface area contributed by atoms with Crippen molar-refractivity contribution in [3.8, 4) is 0 Å². The maximum Gasteiger partial charge on any atom is 0.279 e. The van der Waals surface area contributed by atoms with E-state index in [0.29, 0.717) is 19.6 Å². The van der Waals surface area contributed by atoms with Crippen LogP contribution < -0.4 is 10.0 Å². The molecule has 16 heavy (non-hydrogen) atoms. The lowest BCUT2D eigenvalue weighted by atomic mass is 10.3. The van der Waals surface area contributed by atoms with Crippen LogP contribution in [0.4, 0.5) is 0 Å². The van der Waals surface area contributed by atoms with Crippen molar-refractivity contribution in [2.24, 2.45) is 0 Å². The zero-order valence-corrected chi connectivity index (χ0v) is 11.0. The van der Waals surface area contributed by atoms with Gasteiger partial charge in [0.05, 0.1) is 0 Å². The zero-order chi connectivity index (χ0) is 12.2. The number of nitrogens with zero attached hydrogens (tertiary/aromatic N) is 2. The summed E-state index contributed by atoms with van der Waals surface area (Å²) in [7, 11) is 0.573. The second-order valence-electron chi connectivity index (χ2n) is 4.32. The normalized spacial score (nSPS) is 21.2. The van der Waals surface area contributed by atoms with Crippen LogP contribution in [0.15, 0.2) is 0 Å². The lowest BCUT2D eigenvalue weighted by Crippen LogP contribution is -2.52. The molecule has 2 N–H and O–H groups in total.